The van der Waals surface area contributed by atoms with Crippen molar-refractivity contribution in [2.24, 2.45) is 0 Å². The van der Waals surface area contributed by atoms with Crippen LogP contribution in [0.5, 0.6) is 0 Å². The average Bonchev–Trinajstić information content (AvgIpc) is 2.72. The fraction of sp³-hybridized carbons (Fsp3) is 0.938. The molecule has 0 bridgehead atoms. The molecule has 0 atom stereocenters. The number of esters is 1. The number of ether oxygens (including phenoxy) is 1. The van der Waals surface area contributed by atoms with Crippen LogP contribution in [0.15, 0.2) is 0 Å². The molecule has 0 aliphatic rings. The third-order valence-corrected chi connectivity index (χ3v) is 10.3. The van der Waals surface area contributed by atoms with Gasteiger partial charge < -0.3 is 36.2 Å². The second-order valence-electron chi connectivity index (χ2n) is 5.97. The molecule has 0 spiro atoms. The van der Waals surface area contributed by atoms with Crippen molar-refractivity contribution < 1.29 is 36.1 Å². The van der Waals surface area contributed by atoms with Gasteiger partial charge in [-0.2, -0.15) is 0 Å². The zero-order valence-corrected chi connectivity index (χ0v) is 19.9. The van der Waals surface area contributed by atoms with Crippen molar-refractivity contribution in [1.82, 2.24) is 4.90 Å². The van der Waals surface area contributed by atoms with E-state index in [0.29, 0.717) is 25.1 Å². The molecule has 0 heterocycles. The lowest BCUT2D eigenvalue weighted by molar-refractivity contribution is -0.141. The molecular weight excluding hydrogens is 390 g/mol. The quantitative estimate of drug-likeness (QED) is 0.252. The maximum Gasteiger partial charge on any atom is 0.500 e. The third-order valence-electron chi connectivity index (χ3n) is 4.64. The fourth-order valence-electron chi connectivity index (χ4n) is 2.84. The molecular formula is C16H37NO8Si2. The molecule has 0 aromatic carbocycles. The Bertz CT molecular complexity index is 352. The largest absolute Gasteiger partial charge is 0.500 e. The minimum absolute atomic E-state index is 0.219. The number of hydrogen-bond acceptors (Lipinski definition) is 9. The first-order valence-electron chi connectivity index (χ1n) is 9.00. The topological polar surface area (TPSA) is 84.9 Å². The smallest absolute Gasteiger partial charge is 0.469 e. The van der Waals surface area contributed by atoms with Crippen LogP contribution in [0.4, 0.5) is 0 Å². The molecule has 0 aliphatic heterocycles. The van der Waals surface area contributed by atoms with Crippen molar-refractivity contribution in [3.63, 3.8) is 0 Å². The van der Waals surface area contributed by atoms with E-state index >= 15 is 0 Å². The van der Waals surface area contributed by atoms with Gasteiger partial charge in [0.2, 0.25) is 0 Å². The molecule has 0 saturated heterocycles. The molecule has 9 nitrogen and oxygen atoms in total. The van der Waals surface area contributed by atoms with E-state index < -0.39 is 17.6 Å². The highest BCUT2D eigenvalue weighted by Gasteiger charge is 2.38. The van der Waals surface area contributed by atoms with Crippen LogP contribution < -0.4 is 0 Å². The molecule has 0 unspecified atom stereocenters. The Kier molecular flexibility index (Phi) is 14.4. The van der Waals surface area contributed by atoms with Gasteiger partial charge in [0.1, 0.15) is 0 Å². The Labute approximate surface area is 165 Å². The van der Waals surface area contributed by atoms with E-state index in [9.17, 15) is 4.79 Å². The lowest BCUT2D eigenvalue weighted by Crippen LogP contribution is -2.44. The van der Waals surface area contributed by atoms with Crippen LogP contribution in [0, 0.1) is 0 Å². The van der Waals surface area contributed by atoms with Crippen LogP contribution in [0.1, 0.15) is 19.3 Å². The van der Waals surface area contributed by atoms with E-state index in [1.807, 2.05) is 0 Å². The summed E-state index contributed by atoms with van der Waals surface area (Å²) in [6.07, 6.45) is 2.02. The molecule has 0 rings (SSSR count). The van der Waals surface area contributed by atoms with Gasteiger partial charge in [0, 0.05) is 61.3 Å². The van der Waals surface area contributed by atoms with Gasteiger partial charge in [0.15, 0.2) is 0 Å². The van der Waals surface area contributed by atoms with Gasteiger partial charge in [-0.3, -0.25) is 4.79 Å². The van der Waals surface area contributed by atoms with E-state index in [4.69, 9.17) is 31.3 Å². The van der Waals surface area contributed by atoms with E-state index in [1.165, 1.54) is 7.11 Å². The van der Waals surface area contributed by atoms with Gasteiger partial charge in [0.05, 0.1) is 13.5 Å². The van der Waals surface area contributed by atoms with Gasteiger partial charge in [-0.15, -0.1) is 0 Å². The molecule has 0 radical (unpaired) electrons. The first-order valence-corrected chi connectivity index (χ1v) is 12.9. The summed E-state index contributed by atoms with van der Waals surface area (Å²) < 4.78 is 37.5. The van der Waals surface area contributed by atoms with Gasteiger partial charge in [-0.25, -0.2) is 0 Å². The summed E-state index contributed by atoms with van der Waals surface area (Å²) in [6, 6.07) is 1.41. The van der Waals surface area contributed by atoms with Crippen molar-refractivity contribution in [3.05, 3.63) is 0 Å². The number of methoxy groups -OCH3 is 1. The van der Waals surface area contributed by atoms with Crippen LogP contribution in [-0.4, -0.2) is 97.9 Å². The number of hydrogen-bond donors (Lipinski definition) is 0. The van der Waals surface area contributed by atoms with Crippen molar-refractivity contribution in [2.75, 3.05) is 69.4 Å². The fourth-order valence-corrected chi connectivity index (χ4v) is 6.24. The van der Waals surface area contributed by atoms with Crippen LogP contribution >= 0.6 is 0 Å². The molecule has 11 heteroatoms. The summed E-state index contributed by atoms with van der Waals surface area (Å²) in [5.41, 5.74) is 0. The number of carbonyl (C=O) groups excluding carboxylic acids is 1. The zero-order chi connectivity index (χ0) is 20.8. The Morgan fingerprint density at radius 2 is 1.04 bits per heavy atom. The molecule has 0 N–H and O–H groups in total. The number of carbonyl (C=O) groups is 1. The summed E-state index contributed by atoms with van der Waals surface area (Å²) in [5, 5.41) is 0. The predicted octanol–water partition coefficient (Wildman–Crippen LogP) is 1.39. The van der Waals surface area contributed by atoms with Crippen LogP contribution in [0.2, 0.25) is 12.1 Å². The first kappa shape index (κ1) is 26.6. The van der Waals surface area contributed by atoms with Crippen molar-refractivity contribution in [3.8, 4) is 0 Å². The average molecular weight is 428 g/mol. The van der Waals surface area contributed by atoms with Crippen LogP contribution in [0.3, 0.4) is 0 Å². The number of rotatable bonds is 17. The minimum Gasteiger partial charge on any atom is -0.469 e. The zero-order valence-electron chi connectivity index (χ0n) is 17.9. The second kappa shape index (κ2) is 14.6. The second-order valence-corrected chi connectivity index (χ2v) is 12.1. The number of nitrogens with zero attached hydrogens (tertiary/aromatic N) is 1. The van der Waals surface area contributed by atoms with Crippen LogP contribution in [0.25, 0.3) is 0 Å². The predicted molar refractivity (Wildman–Crippen MR) is 105 cm³/mol. The SMILES string of the molecule is COC(=O)CCN(CCC[Si](OC)(OC)OC)CCC[Si](OC)(OC)OC. The third kappa shape index (κ3) is 9.59. The highest BCUT2D eigenvalue weighted by Crippen LogP contribution is 2.18. The van der Waals surface area contributed by atoms with E-state index in [2.05, 4.69) is 4.90 Å². The molecule has 0 aromatic rings. The van der Waals surface area contributed by atoms with Crippen molar-refractivity contribution >= 4 is 23.6 Å². The first-order chi connectivity index (χ1) is 12.9. The molecule has 0 amide bonds. The summed E-state index contributed by atoms with van der Waals surface area (Å²) in [4.78, 5) is 13.7. The standard InChI is InChI=1S/C16H37NO8Si2/c1-19-16(18)10-13-17(11-8-14-26(20-2,21-3)22-4)12-9-15-27(23-5,24-6)25-7/h8-15H2,1-7H3. The lowest BCUT2D eigenvalue weighted by Gasteiger charge is -2.28. The normalized spacial score (nSPS) is 12.6. The van der Waals surface area contributed by atoms with Gasteiger partial charge in [-0.05, 0) is 25.9 Å². The monoisotopic (exact) mass is 427 g/mol. The van der Waals surface area contributed by atoms with Gasteiger partial charge >= 0.3 is 23.6 Å². The highest BCUT2D eigenvalue weighted by molar-refractivity contribution is 6.60. The lowest BCUT2D eigenvalue weighted by atomic mass is 10.3. The Morgan fingerprint density at radius 1 is 0.667 bits per heavy atom. The molecule has 0 saturated carbocycles. The molecule has 0 fully saturated rings. The van der Waals surface area contributed by atoms with Crippen molar-refractivity contribution in [2.45, 2.75) is 31.4 Å². The minimum atomic E-state index is -2.59. The summed E-state index contributed by atoms with van der Waals surface area (Å²) in [7, 11) is 5.89. The molecule has 0 aromatic heterocycles. The maximum absolute atomic E-state index is 11.5. The van der Waals surface area contributed by atoms with Gasteiger partial charge in [-0.1, -0.05) is 0 Å². The van der Waals surface area contributed by atoms with E-state index in [1.54, 1.807) is 42.7 Å². The summed E-state index contributed by atoms with van der Waals surface area (Å²) >= 11 is 0. The Morgan fingerprint density at radius 3 is 1.33 bits per heavy atom. The van der Waals surface area contributed by atoms with E-state index in [-0.39, 0.29) is 5.97 Å². The van der Waals surface area contributed by atoms with E-state index in [0.717, 1.165) is 25.9 Å². The molecule has 162 valence electrons. The van der Waals surface area contributed by atoms with Crippen molar-refractivity contribution in [1.29, 1.82) is 0 Å². The Hall–Kier alpha value is -0.376. The molecule has 27 heavy (non-hydrogen) atoms. The summed E-state index contributed by atoms with van der Waals surface area (Å²) in [6.45, 7) is 2.21. The molecule has 0 aliphatic carbocycles. The highest BCUT2D eigenvalue weighted by atomic mass is 28.4. The van der Waals surface area contributed by atoms with Crippen LogP contribution in [-0.2, 0) is 36.1 Å². The maximum atomic E-state index is 11.5. The Balaban J connectivity index is 4.66. The summed E-state index contributed by atoms with van der Waals surface area (Å²) in [5.74, 6) is -0.219. The van der Waals surface area contributed by atoms with Gasteiger partial charge in [0.25, 0.3) is 0 Å².